The highest BCUT2D eigenvalue weighted by molar-refractivity contribution is 7.25. The van der Waals surface area contributed by atoms with Crippen molar-refractivity contribution in [2.75, 3.05) is 0 Å². The molecule has 0 aliphatic rings. The Hall–Kier alpha value is -6.30. The Morgan fingerprint density at radius 2 is 1.27 bits per heavy atom. The number of fused-ring (bicyclic) bond motifs is 11. The smallest absolute Gasteiger partial charge is 0.180 e. The number of nitrogens with zero attached hydrogens (tertiary/aromatic N) is 3. The lowest BCUT2D eigenvalue weighted by Gasteiger charge is -2.12. The van der Waals surface area contributed by atoms with E-state index in [9.17, 15) is 0 Å². The van der Waals surface area contributed by atoms with Gasteiger partial charge in [0, 0.05) is 58.5 Å². The Morgan fingerprint density at radius 1 is 0.510 bits per heavy atom. The maximum atomic E-state index is 6.42. The molecule has 11 rings (SSSR count). The van der Waals surface area contributed by atoms with Crippen LogP contribution in [0.15, 0.2) is 156 Å². The van der Waals surface area contributed by atoms with Crippen LogP contribution in [0.2, 0.25) is 0 Å². The number of para-hydroxylation sites is 2. The molecule has 0 atom stereocenters. The molecule has 0 unspecified atom stereocenters. The van der Waals surface area contributed by atoms with Gasteiger partial charge in [-0.25, -0.2) is 9.97 Å². The molecule has 0 amide bonds. The first-order chi connectivity index (χ1) is 24.3. The molecule has 0 fully saturated rings. The summed E-state index contributed by atoms with van der Waals surface area (Å²) < 4.78 is 11.5. The molecule has 0 bridgehead atoms. The predicted molar refractivity (Wildman–Crippen MR) is 205 cm³/mol. The number of rotatable bonds is 3. The first kappa shape index (κ1) is 26.7. The van der Waals surface area contributed by atoms with Crippen LogP contribution in [-0.4, -0.2) is 14.5 Å². The fourth-order valence-corrected chi connectivity index (χ4v) is 8.68. The largest absolute Gasteiger partial charge is 0.452 e. The van der Waals surface area contributed by atoms with E-state index in [4.69, 9.17) is 14.4 Å². The lowest BCUT2D eigenvalue weighted by atomic mass is 10.0. The molecule has 4 heterocycles. The predicted octanol–water partition coefficient (Wildman–Crippen LogP) is 12.3. The van der Waals surface area contributed by atoms with Crippen LogP contribution >= 0.6 is 11.3 Å². The van der Waals surface area contributed by atoms with Crippen LogP contribution in [0.25, 0.3) is 103 Å². The molecule has 49 heavy (non-hydrogen) atoms. The summed E-state index contributed by atoms with van der Waals surface area (Å²) in [4.78, 5) is 10.1. The second kappa shape index (κ2) is 10.1. The van der Waals surface area contributed by atoms with Crippen molar-refractivity contribution >= 4 is 86.2 Å². The third kappa shape index (κ3) is 3.91. The van der Waals surface area contributed by atoms with Gasteiger partial charge in [-0.15, -0.1) is 11.3 Å². The van der Waals surface area contributed by atoms with Crippen molar-refractivity contribution < 1.29 is 4.42 Å². The normalized spacial score (nSPS) is 12.1. The second-order valence-corrected chi connectivity index (χ2v) is 13.7. The van der Waals surface area contributed by atoms with E-state index in [1.165, 1.54) is 52.8 Å². The minimum absolute atomic E-state index is 0.680. The van der Waals surface area contributed by atoms with E-state index in [1.54, 1.807) is 0 Å². The molecule has 0 spiro atoms. The maximum Gasteiger partial charge on any atom is 0.180 e. The number of aromatic nitrogens is 3. The minimum atomic E-state index is 0.680. The zero-order valence-electron chi connectivity index (χ0n) is 26.1. The van der Waals surface area contributed by atoms with Gasteiger partial charge in [0.1, 0.15) is 16.8 Å². The highest BCUT2D eigenvalue weighted by atomic mass is 32.1. The quantitative estimate of drug-likeness (QED) is 0.192. The van der Waals surface area contributed by atoms with Crippen molar-refractivity contribution in [3.8, 4) is 28.3 Å². The lowest BCUT2D eigenvalue weighted by Crippen LogP contribution is -1.96. The summed E-state index contributed by atoms with van der Waals surface area (Å²) in [6, 6.07) is 53.7. The van der Waals surface area contributed by atoms with Gasteiger partial charge in [-0.05, 0) is 53.9 Å². The molecule has 0 radical (unpaired) electrons. The van der Waals surface area contributed by atoms with Crippen molar-refractivity contribution in [2.45, 2.75) is 0 Å². The summed E-state index contributed by atoms with van der Waals surface area (Å²) in [5, 5.41) is 8.59. The van der Waals surface area contributed by atoms with E-state index in [0.717, 1.165) is 39.0 Å². The fourth-order valence-electron chi connectivity index (χ4n) is 7.54. The number of benzene rings is 7. The van der Waals surface area contributed by atoms with Gasteiger partial charge in [-0.3, -0.25) is 0 Å². The van der Waals surface area contributed by atoms with Crippen molar-refractivity contribution in [3.63, 3.8) is 0 Å². The molecule has 5 heteroatoms. The van der Waals surface area contributed by atoms with Crippen LogP contribution in [0.4, 0.5) is 0 Å². The van der Waals surface area contributed by atoms with Gasteiger partial charge in [0.2, 0.25) is 0 Å². The third-order valence-electron chi connectivity index (χ3n) is 9.80. The molecule has 0 saturated heterocycles. The number of hydrogen-bond acceptors (Lipinski definition) is 4. The average molecular weight is 644 g/mol. The first-order valence-corrected chi connectivity index (χ1v) is 17.2. The molecule has 4 nitrogen and oxygen atoms in total. The summed E-state index contributed by atoms with van der Waals surface area (Å²) in [6.07, 6.45) is 0. The summed E-state index contributed by atoms with van der Waals surface area (Å²) in [7, 11) is 0. The van der Waals surface area contributed by atoms with E-state index < -0.39 is 0 Å². The molecule has 0 aliphatic heterocycles. The number of thiophene rings is 1. The molecule has 11 aromatic rings. The highest BCUT2D eigenvalue weighted by Gasteiger charge is 2.20. The van der Waals surface area contributed by atoms with Crippen molar-refractivity contribution in [3.05, 3.63) is 152 Å². The van der Waals surface area contributed by atoms with Gasteiger partial charge in [0.25, 0.3) is 0 Å². The topological polar surface area (TPSA) is 43.9 Å². The third-order valence-corrected chi connectivity index (χ3v) is 10.9. The Morgan fingerprint density at radius 3 is 2.14 bits per heavy atom. The molecule has 0 N–H and O–H groups in total. The monoisotopic (exact) mass is 643 g/mol. The first-order valence-electron chi connectivity index (χ1n) is 16.4. The molecular formula is C44H25N3OS. The van der Waals surface area contributed by atoms with Crippen LogP contribution < -0.4 is 0 Å². The van der Waals surface area contributed by atoms with E-state index in [-0.39, 0.29) is 0 Å². The van der Waals surface area contributed by atoms with E-state index >= 15 is 0 Å². The number of hydrogen-bond donors (Lipinski definition) is 0. The Balaban J connectivity index is 1.15. The van der Waals surface area contributed by atoms with Crippen LogP contribution in [0.5, 0.6) is 0 Å². The van der Waals surface area contributed by atoms with Gasteiger partial charge in [0.15, 0.2) is 11.4 Å². The summed E-state index contributed by atoms with van der Waals surface area (Å²) in [6.45, 7) is 0. The van der Waals surface area contributed by atoms with Gasteiger partial charge >= 0.3 is 0 Å². The molecule has 4 aromatic heterocycles. The summed E-state index contributed by atoms with van der Waals surface area (Å²) in [5.41, 5.74) is 8.55. The van der Waals surface area contributed by atoms with Crippen molar-refractivity contribution in [2.24, 2.45) is 0 Å². The highest BCUT2D eigenvalue weighted by Crippen LogP contribution is 2.42. The molecule has 7 aromatic carbocycles. The van der Waals surface area contributed by atoms with E-state index in [2.05, 4.69) is 120 Å². The van der Waals surface area contributed by atoms with Crippen molar-refractivity contribution in [1.82, 2.24) is 14.5 Å². The summed E-state index contributed by atoms with van der Waals surface area (Å²) in [5.74, 6) is 0.680. The summed E-state index contributed by atoms with van der Waals surface area (Å²) >= 11 is 1.86. The SMILES string of the molecule is c1ccc(-c2nc(-c3ccc(-n4c5ccccc5c5ccc6cc7sc8ccccc8c7cc6c54)cc3)c3oc4ccccc4c3n2)cc1. The van der Waals surface area contributed by atoms with Crippen LogP contribution in [0.3, 0.4) is 0 Å². The number of furan rings is 1. The molecule has 228 valence electrons. The zero-order valence-corrected chi connectivity index (χ0v) is 26.9. The second-order valence-electron chi connectivity index (χ2n) is 12.6. The average Bonchev–Trinajstić information content (AvgIpc) is 3.83. The lowest BCUT2D eigenvalue weighted by molar-refractivity contribution is 0.667. The van der Waals surface area contributed by atoms with Gasteiger partial charge in [-0.1, -0.05) is 103 Å². The Kier molecular flexibility index (Phi) is 5.51. The fraction of sp³-hybridized carbons (Fsp3) is 0. The van der Waals surface area contributed by atoms with Gasteiger partial charge in [-0.2, -0.15) is 0 Å². The van der Waals surface area contributed by atoms with Crippen LogP contribution in [-0.2, 0) is 0 Å². The van der Waals surface area contributed by atoms with E-state index in [0.29, 0.717) is 11.4 Å². The maximum absolute atomic E-state index is 6.42. The molecule has 0 saturated carbocycles. The molecular weight excluding hydrogens is 619 g/mol. The van der Waals surface area contributed by atoms with Crippen LogP contribution in [0, 0.1) is 0 Å². The van der Waals surface area contributed by atoms with E-state index in [1.807, 2.05) is 47.7 Å². The van der Waals surface area contributed by atoms with Gasteiger partial charge in [0.05, 0.1) is 11.0 Å². The zero-order chi connectivity index (χ0) is 32.1. The molecule has 0 aliphatic carbocycles. The van der Waals surface area contributed by atoms with Gasteiger partial charge < -0.3 is 8.98 Å². The van der Waals surface area contributed by atoms with Crippen LogP contribution in [0.1, 0.15) is 0 Å². The standard InChI is InChI=1S/C44H25N3OS/c1-2-10-27(11-3-1)44-45-40(43-41(46-44)33-14-5-8-16-37(33)48-43)26-18-21-29(22-19-26)47-36-15-7-4-12-30(36)32-23-20-28-24-39-35(25-34(28)42(32)47)31-13-6-9-17-38(31)49-39/h1-25H. The Bertz CT molecular complexity index is 3100. The van der Waals surface area contributed by atoms with Crippen molar-refractivity contribution in [1.29, 1.82) is 0 Å². The minimum Gasteiger partial charge on any atom is -0.452 e. The Labute approximate surface area is 284 Å².